The van der Waals surface area contributed by atoms with Crippen molar-refractivity contribution in [3.63, 3.8) is 0 Å². The minimum Gasteiger partial charge on any atom is -0.238 e. The number of halogens is 6. The van der Waals surface area contributed by atoms with E-state index in [2.05, 4.69) is 22.2 Å². The third kappa shape index (κ3) is 17.5. The lowest BCUT2D eigenvalue weighted by Crippen LogP contribution is -2.41. The summed E-state index contributed by atoms with van der Waals surface area (Å²) < 4.78 is 113. The summed E-state index contributed by atoms with van der Waals surface area (Å²) in [5.41, 5.74) is 0. The fraction of sp³-hybridized carbons (Fsp3) is 1.00. The second-order valence-electron chi connectivity index (χ2n) is 9.16. The van der Waals surface area contributed by atoms with E-state index in [4.69, 9.17) is 0 Å². The first-order chi connectivity index (χ1) is 16.4. The Morgan fingerprint density at radius 3 is 1.09 bits per heavy atom. The van der Waals surface area contributed by atoms with Crippen LogP contribution >= 0.6 is 0 Å². The van der Waals surface area contributed by atoms with Gasteiger partial charge in [0.1, 0.15) is 0 Å². The summed E-state index contributed by atoms with van der Waals surface area (Å²) in [7, 11) is -6.06. The van der Waals surface area contributed by atoms with Crippen molar-refractivity contribution in [2.45, 2.75) is 154 Å². The van der Waals surface area contributed by atoms with Crippen LogP contribution in [0.2, 0.25) is 0 Å². The topological polar surface area (TPSA) is 52.6 Å². The third-order valence-corrected chi connectivity index (χ3v) is 6.63. The number of alkyl halides is 6. The number of rotatable bonds is 24. The van der Waals surface area contributed by atoms with E-state index in [1.807, 2.05) is 0 Å². The first kappa shape index (κ1) is 34.5. The highest BCUT2D eigenvalue weighted by molar-refractivity contribution is 7.81. The van der Waals surface area contributed by atoms with Gasteiger partial charge in [0.2, 0.25) is 0 Å². The van der Waals surface area contributed by atoms with Crippen LogP contribution in [-0.4, -0.2) is 33.0 Å². The van der Waals surface area contributed by atoms with E-state index in [1.165, 1.54) is 0 Å². The van der Waals surface area contributed by atoms with Gasteiger partial charge < -0.3 is 0 Å². The quantitative estimate of drug-likeness (QED) is 0.0901. The second-order valence-corrected chi connectivity index (χ2v) is 10.3. The van der Waals surface area contributed by atoms with Crippen molar-refractivity contribution in [2.24, 2.45) is 0 Å². The largest absolute Gasteiger partial charge is 0.410 e. The molecule has 0 aliphatic rings. The fourth-order valence-electron chi connectivity index (χ4n) is 3.64. The Morgan fingerprint density at radius 1 is 0.543 bits per heavy atom. The van der Waals surface area contributed by atoms with Crippen LogP contribution in [0.1, 0.15) is 129 Å². The number of hydrogen-bond donors (Lipinski definition) is 0. The second kappa shape index (κ2) is 18.7. The van der Waals surface area contributed by atoms with Gasteiger partial charge in [-0.05, 0) is 12.8 Å². The van der Waals surface area contributed by atoms with Gasteiger partial charge >= 0.3 is 22.6 Å². The predicted molar refractivity (Wildman–Crippen MR) is 125 cm³/mol. The smallest absolute Gasteiger partial charge is 0.238 e. The average Bonchev–Trinajstić information content (AvgIpc) is 2.75. The Balaban J connectivity index is 4.37. The molecule has 35 heavy (non-hydrogen) atoms. The van der Waals surface area contributed by atoms with E-state index in [-0.39, 0.29) is 12.8 Å². The third-order valence-electron chi connectivity index (χ3n) is 5.78. The first-order valence-electron chi connectivity index (χ1n) is 13.1. The van der Waals surface area contributed by atoms with Crippen molar-refractivity contribution in [3.8, 4) is 0 Å². The summed E-state index contributed by atoms with van der Waals surface area (Å²) in [6.07, 6.45) is -4.58. The first-order valence-corrected chi connectivity index (χ1v) is 14.4. The van der Waals surface area contributed by atoms with Gasteiger partial charge in [-0.15, -0.1) is 0 Å². The van der Waals surface area contributed by atoms with Crippen LogP contribution in [0.15, 0.2) is 0 Å². The molecule has 0 aromatic heterocycles. The Hall–Kier alpha value is -0.550. The van der Waals surface area contributed by atoms with E-state index in [0.29, 0.717) is 25.7 Å². The molecule has 0 N–H and O–H groups in total. The maximum atomic E-state index is 13.9. The van der Waals surface area contributed by atoms with Gasteiger partial charge in [-0.25, -0.2) is 8.78 Å². The highest BCUT2D eigenvalue weighted by atomic mass is 32.3. The van der Waals surface area contributed by atoms with Gasteiger partial charge in [0.15, 0.2) is 12.3 Å². The van der Waals surface area contributed by atoms with Crippen LogP contribution in [0, 0.1) is 0 Å². The summed E-state index contributed by atoms with van der Waals surface area (Å²) in [4.78, 5) is 0. The number of unbranched alkanes of at least 4 members (excludes halogenated alkanes) is 14. The maximum Gasteiger partial charge on any atom is 0.410 e. The molecule has 0 heterocycles. The van der Waals surface area contributed by atoms with Gasteiger partial charge in [-0.3, -0.25) is 0 Å². The lowest BCUT2D eigenvalue weighted by molar-refractivity contribution is -0.251. The summed E-state index contributed by atoms with van der Waals surface area (Å²) in [5.74, 6) is 0. The molecule has 11 heteroatoms. The SMILES string of the molecule is CCCCCCCCCCC(F)C(F)(F)OS(=O)(=O)OC(F)(F)C(F)CCCCCCCCCC. The molecule has 0 aliphatic carbocycles. The molecule has 212 valence electrons. The monoisotopic (exact) mass is 542 g/mol. The van der Waals surface area contributed by atoms with Crippen molar-refractivity contribution in [3.05, 3.63) is 0 Å². The van der Waals surface area contributed by atoms with Crippen molar-refractivity contribution < 1.29 is 43.1 Å². The van der Waals surface area contributed by atoms with Crippen molar-refractivity contribution in [1.82, 2.24) is 0 Å². The summed E-state index contributed by atoms with van der Waals surface area (Å²) in [6.45, 7) is 4.15. The van der Waals surface area contributed by atoms with Gasteiger partial charge in [0.25, 0.3) is 0 Å². The Labute approximate surface area is 207 Å². The fourth-order valence-corrected chi connectivity index (χ4v) is 4.43. The molecule has 0 bridgehead atoms. The molecule has 2 unspecified atom stereocenters. The van der Waals surface area contributed by atoms with Crippen molar-refractivity contribution in [2.75, 3.05) is 0 Å². The highest BCUT2D eigenvalue weighted by Crippen LogP contribution is 2.34. The molecule has 2 atom stereocenters. The van der Waals surface area contributed by atoms with Crippen LogP contribution < -0.4 is 0 Å². The zero-order valence-corrected chi connectivity index (χ0v) is 22.0. The molecule has 0 saturated carbocycles. The van der Waals surface area contributed by atoms with Crippen LogP contribution in [-0.2, 0) is 18.8 Å². The van der Waals surface area contributed by atoms with Crippen molar-refractivity contribution in [1.29, 1.82) is 0 Å². The van der Waals surface area contributed by atoms with Gasteiger partial charge in [0, 0.05) is 0 Å². The van der Waals surface area contributed by atoms with Gasteiger partial charge in [-0.1, -0.05) is 117 Å². The van der Waals surface area contributed by atoms with Crippen LogP contribution in [0.5, 0.6) is 0 Å². The minimum absolute atomic E-state index is 0.0517. The summed E-state index contributed by atoms with van der Waals surface area (Å²) in [5, 5.41) is 0. The standard InChI is InChI=1S/C24H44F6O4S/c1-3-5-7-9-11-13-15-17-19-21(25)23(27,28)33-35(31,32)34-24(29,30)22(26)20-18-16-14-12-10-8-6-4-2/h21-22H,3-20H2,1-2H3. The molecule has 0 fully saturated rings. The van der Waals surface area contributed by atoms with Gasteiger partial charge in [0.05, 0.1) is 0 Å². The van der Waals surface area contributed by atoms with E-state index >= 15 is 0 Å². The zero-order valence-electron chi connectivity index (χ0n) is 21.2. The molecular formula is C24H44F6O4S. The molecule has 0 radical (unpaired) electrons. The molecule has 0 spiro atoms. The molecular weight excluding hydrogens is 498 g/mol. The molecule has 4 nitrogen and oxygen atoms in total. The molecule has 0 amide bonds. The molecule has 0 aliphatic heterocycles. The minimum atomic E-state index is -6.06. The van der Waals surface area contributed by atoms with Crippen molar-refractivity contribution >= 4 is 10.4 Å². The zero-order chi connectivity index (χ0) is 26.8. The normalized spacial score (nSPS) is 14.9. The maximum absolute atomic E-state index is 13.9. The molecule has 0 aromatic rings. The predicted octanol–water partition coefficient (Wildman–Crippen LogP) is 9.19. The Morgan fingerprint density at radius 2 is 0.800 bits per heavy atom. The summed E-state index contributed by atoms with van der Waals surface area (Å²) in [6, 6.07) is 0. The Bertz CT molecular complexity index is 573. The van der Waals surface area contributed by atoms with Gasteiger partial charge in [-0.2, -0.15) is 34.3 Å². The van der Waals surface area contributed by atoms with Crippen LogP contribution in [0.3, 0.4) is 0 Å². The number of hydrogen-bond acceptors (Lipinski definition) is 4. The average molecular weight is 543 g/mol. The van der Waals surface area contributed by atoms with E-state index in [9.17, 15) is 34.8 Å². The summed E-state index contributed by atoms with van der Waals surface area (Å²) >= 11 is 0. The lowest BCUT2D eigenvalue weighted by atomic mass is 10.1. The highest BCUT2D eigenvalue weighted by Gasteiger charge is 2.51. The van der Waals surface area contributed by atoms with E-state index < -0.39 is 47.8 Å². The van der Waals surface area contributed by atoms with E-state index in [0.717, 1.165) is 64.2 Å². The molecule has 0 rings (SSSR count). The lowest BCUT2D eigenvalue weighted by Gasteiger charge is -2.23. The molecule has 0 aromatic carbocycles. The van der Waals surface area contributed by atoms with Crippen LogP contribution in [0.25, 0.3) is 0 Å². The van der Waals surface area contributed by atoms with Crippen LogP contribution in [0.4, 0.5) is 26.3 Å². The van der Waals surface area contributed by atoms with E-state index in [1.54, 1.807) is 0 Å². The molecule has 0 saturated heterocycles. The Kier molecular flexibility index (Phi) is 18.4.